The Labute approximate surface area is 144 Å². The standard InChI is InChI=1S/C14H18N6O4S/c1-3-8-15-13-12(20(21)22)14(17-9-16-13)18-19-25(23,24)11-6-4-10(2)5-7-11/h4-7,9,19H,3,8H2,1-2H3,(H2,15,16,17,18). The number of sulfonamides is 1. The van der Waals surface area contributed by atoms with Gasteiger partial charge in [0.05, 0.1) is 9.82 Å². The van der Waals surface area contributed by atoms with Crippen molar-refractivity contribution in [2.24, 2.45) is 0 Å². The lowest BCUT2D eigenvalue weighted by Crippen LogP contribution is -2.30. The van der Waals surface area contributed by atoms with Gasteiger partial charge >= 0.3 is 5.69 Å². The van der Waals surface area contributed by atoms with E-state index in [4.69, 9.17) is 0 Å². The minimum Gasteiger partial charge on any atom is -0.364 e. The van der Waals surface area contributed by atoms with Crippen molar-refractivity contribution < 1.29 is 13.3 Å². The molecule has 1 aromatic carbocycles. The predicted molar refractivity (Wildman–Crippen MR) is 92.6 cm³/mol. The van der Waals surface area contributed by atoms with E-state index in [2.05, 4.69) is 25.5 Å². The van der Waals surface area contributed by atoms with Crippen molar-refractivity contribution in [2.45, 2.75) is 25.2 Å². The van der Waals surface area contributed by atoms with Crippen molar-refractivity contribution in [3.63, 3.8) is 0 Å². The largest absolute Gasteiger partial charge is 0.364 e. The lowest BCUT2D eigenvalue weighted by Gasteiger charge is -2.11. The molecule has 0 unspecified atom stereocenters. The van der Waals surface area contributed by atoms with E-state index in [-0.39, 0.29) is 16.5 Å². The van der Waals surface area contributed by atoms with Gasteiger partial charge in [0.2, 0.25) is 11.6 Å². The van der Waals surface area contributed by atoms with E-state index in [0.717, 1.165) is 18.3 Å². The maximum absolute atomic E-state index is 12.3. The molecular weight excluding hydrogens is 348 g/mol. The SMILES string of the molecule is CCCNc1ncnc(NNS(=O)(=O)c2ccc(C)cc2)c1[N+](=O)[O-]. The molecule has 0 amide bonds. The minimum atomic E-state index is -3.91. The fourth-order valence-corrected chi connectivity index (χ4v) is 2.75. The lowest BCUT2D eigenvalue weighted by molar-refractivity contribution is -0.383. The fourth-order valence-electron chi connectivity index (χ4n) is 1.91. The summed E-state index contributed by atoms with van der Waals surface area (Å²) in [4.78, 5) is 20.3. The van der Waals surface area contributed by atoms with Gasteiger partial charge in [-0.1, -0.05) is 24.6 Å². The summed E-state index contributed by atoms with van der Waals surface area (Å²) in [6.45, 7) is 4.21. The third kappa shape index (κ3) is 4.61. The molecular formula is C14H18N6O4S. The number of benzene rings is 1. The van der Waals surface area contributed by atoms with Crippen LogP contribution in [0.15, 0.2) is 35.5 Å². The fraction of sp³-hybridized carbons (Fsp3) is 0.286. The predicted octanol–water partition coefficient (Wildman–Crippen LogP) is 1.82. The molecule has 11 heteroatoms. The molecule has 0 spiro atoms. The highest BCUT2D eigenvalue weighted by Gasteiger charge is 2.24. The van der Waals surface area contributed by atoms with Gasteiger partial charge < -0.3 is 5.32 Å². The molecule has 0 saturated heterocycles. The quantitative estimate of drug-likeness (QED) is 0.475. The van der Waals surface area contributed by atoms with Crippen molar-refractivity contribution in [3.05, 3.63) is 46.3 Å². The van der Waals surface area contributed by atoms with E-state index in [9.17, 15) is 18.5 Å². The number of hydrogen-bond acceptors (Lipinski definition) is 8. The second-order valence-electron chi connectivity index (χ2n) is 5.15. The molecule has 1 aromatic heterocycles. The molecule has 0 aliphatic rings. The number of nitrogens with one attached hydrogen (secondary N) is 3. The highest BCUT2D eigenvalue weighted by atomic mass is 32.2. The molecule has 0 bridgehead atoms. The minimum absolute atomic E-state index is 0.0129. The van der Waals surface area contributed by atoms with Crippen molar-refractivity contribution in [1.29, 1.82) is 0 Å². The van der Waals surface area contributed by atoms with E-state index in [1.165, 1.54) is 12.1 Å². The molecule has 0 aliphatic carbocycles. The first kappa shape index (κ1) is 18.5. The van der Waals surface area contributed by atoms with Gasteiger partial charge in [0.15, 0.2) is 0 Å². The van der Waals surface area contributed by atoms with Crippen LogP contribution in [-0.4, -0.2) is 29.9 Å². The highest BCUT2D eigenvalue weighted by molar-refractivity contribution is 7.89. The molecule has 25 heavy (non-hydrogen) atoms. The molecule has 0 saturated carbocycles. The molecule has 0 fully saturated rings. The summed E-state index contributed by atoms with van der Waals surface area (Å²) in [7, 11) is -3.91. The number of hydrogen-bond donors (Lipinski definition) is 3. The first-order valence-corrected chi connectivity index (χ1v) is 8.91. The lowest BCUT2D eigenvalue weighted by atomic mass is 10.2. The van der Waals surface area contributed by atoms with Crippen molar-refractivity contribution >= 4 is 27.3 Å². The Hall–Kier alpha value is -2.79. The van der Waals surface area contributed by atoms with Crippen LogP contribution in [0.2, 0.25) is 0 Å². The van der Waals surface area contributed by atoms with Crippen LogP contribution in [0, 0.1) is 17.0 Å². The normalized spacial score (nSPS) is 11.1. The highest BCUT2D eigenvalue weighted by Crippen LogP contribution is 2.28. The topological polar surface area (TPSA) is 139 Å². The second-order valence-corrected chi connectivity index (χ2v) is 6.83. The van der Waals surface area contributed by atoms with Gasteiger partial charge in [-0.15, -0.1) is 4.83 Å². The van der Waals surface area contributed by atoms with Gasteiger partial charge in [-0.25, -0.2) is 18.4 Å². The number of rotatable bonds is 8. The van der Waals surface area contributed by atoms with Gasteiger partial charge in [0, 0.05) is 6.54 Å². The van der Waals surface area contributed by atoms with Crippen LogP contribution < -0.4 is 15.6 Å². The van der Waals surface area contributed by atoms with Gasteiger partial charge in [0.1, 0.15) is 6.33 Å². The Morgan fingerprint density at radius 2 is 1.80 bits per heavy atom. The monoisotopic (exact) mass is 366 g/mol. The summed E-state index contributed by atoms with van der Waals surface area (Å²) in [5.41, 5.74) is 2.76. The van der Waals surface area contributed by atoms with E-state index in [0.29, 0.717) is 6.54 Å². The first-order chi connectivity index (χ1) is 11.8. The van der Waals surface area contributed by atoms with Crippen molar-refractivity contribution in [1.82, 2.24) is 14.8 Å². The Balaban J connectivity index is 2.25. The van der Waals surface area contributed by atoms with Crippen LogP contribution >= 0.6 is 0 Å². The van der Waals surface area contributed by atoms with E-state index >= 15 is 0 Å². The number of nitrogens with zero attached hydrogens (tertiary/aromatic N) is 3. The van der Waals surface area contributed by atoms with Crippen LogP contribution in [0.25, 0.3) is 0 Å². The molecule has 1 heterocycles. The van der Waals surface area contributed by atoms with Crippen LogP contribution in [0.4, 0.5) is 17.3 Å². The zero-order chi connectivity index (χ0) is 18.4. The zero-order valence-electron chi connectivity index (χ0n) is 13.7. The Kier molecular flexibility index (Phi) is 5.83. The summed E-state index contributed by atoms with van der Waals surface area (Å²) in [6, 6.07) is 6.16. The van der Waals surface area contributed by atoms with E-state index < -0.39 is 20.6 Å². The van der Waals surface area contributed by atoms with Crippen LogP contribution in [0.1, 0.15) is 18.9 Å². The first-order valence-electron chi connectivity index (χ1n) is 7.43. The summed E-state index contributed by atoms with van der Waals surface area (Å²) in [6.07, 6.45) is 1.84. The summed E-state index contributed by atoms with van der Waals surface area (Å²) in [5.74, 6) is -0.242. The van der Waals surface area contributed by atoms with Gasteiger partial charge in [-0.2, -0.15) is 0 Å². The number of hydrazine groups is 1. The summed E-state index contributed by atoms with van der Waals surface area (Å²) in [5, 5.41) is 14.1. The molecule has 0 atom stereocenters. The van der Waals surface area contributed by atoms with Crippen molar-refractivity contribution in [3.8, 4) is 0 Å². The average molecular weight is 366 g/mol. The smallest absolute Gasteiger partial charge is 0.354 e. The van der Waals surface area contributed by atoms with Gasteiger partial charge in [-0.3, -0.25) is 15.5 Å². The molecule has 10 nitrogen and oxygen atoms in total. The maximum Gasteiger partial charge on any atom is 0.354 e. The number of aryl methyl sites for hydroxylation is 1. The summed E-state index contributed by atoms with van der Waals surface area (Å²) < 4.78 is 24.5. The molecule has 2 aromatic rings. The Morgan fingerprint density at radius 1 is 1.16 bits per heavy atom. The number of aromatic nitrogens is 2. The average Bonchev–Trinajstić information content (AvgIpc) is 2.58. The third-order valence-corrected chi connectivity index (χ3v) is 4.45. The van der Waals surface area contributed by atoms with Crippen LogP contribution in [0.3, 0.4) is 0 Å². The van der Waals surface area contributed by atoms with Gasteiger partial charge in [-0.05, 0) is 25.5 Å². The maximum atomic E-state index is 12.3. The van der Waals surface area contributed by atoms with E-state index in [1.807, 2.05) is 13.8 Å². The van der Waals surface area contributed by atoms with Gasteiger partial charge in [0.25, 0.3) is 10.0 Å². The second kappa shape index (κ2) is 7.85. The van der Waals surface area contributed by atoms with Crippen molar-refractivity contribution in [2.75, 3.05) is 17.3 Å². The number of anilines is 2. The molecule has 134 valence electrons. The number of nitro groups is 1. The Morgan fingerprint density at radius 3 is 2.40 bits per heavy atom. The zero-order valence-corrected chi connectivity index (χ0v) is 14.5. The molecule has 3 N–H and O–H groups in total. The summed E-state index contributed by atoms with van der Waals surface area (Å²) >= 11 is 0. The Bertz CT molecular complexity index is 854. The third-order valence-electron chi connectivity index (χ3n) is 3.18. The molecule has 2 rings (SSSR count). The van der Waals surface area contributed by atoms with Crippen LogP contribution in [-0.2, 0) is 10.0 Å². The molecule has 0 aliphatic heterocycles. The molecule has 0 radical (unpaired) electrons. The van der Waals surface area contributed by atoms with E-state index in [1.54, 1.807) is 12.1 Å². The van der Waals surface area contributed by atoms with Crippen LogP contribution in [0.5, 0.6) is 0 Å².